The van der Waals surface area contributed by atoms with Crippen LogP contribution in [0, 0.1) is 0 Å². The number of fused-ring (bicyclic) bond motifs is 2. The molecule has 3 heterocycles. The van der Waals surface area contributed by atoms with Crippen molar-refractivity contribution in [1.82, 2.24) is 9.97 Å². The molecule has 0 bridgehead atoms. The maximum absolute atomic E-state index is 7.11. The van der Waals surface area contributed by atoms with E-state index in [9.17, 15) is 0 Å². The first kappa shape index (κ1) is 40.4. The van der Waals surface area contributed by atoms with Crippen molar-refractivity contribution in [2.24, 2.45) is 0 Å². The van der Waals surface area contributed by atoms with Crippen LogP contribution < -0.4 is 0 Å². The van der Waals surface area contributed by atoms with Crippen LogP contribution in [0.4, 0.5) is 0 Å². The van der Waals surface area contributed by atoms with E-state index in [1.54, 1.807) is 0 Å². The molecule has 0 saturated carbocycles. The highest BCUT2D eigenvalue weighted by atomic mass is 32.2. The van der Waals surface area contributed by atoms with Gasteiger partial charge in [0, 0.05) is 28.7 Å². The number of rotatable bonds is 12. The third-order valence-electron chi connectivity index (χ3n) is 14.1. The maximum atomic E-state index is 7.11. The summed E-state index contributed by atoms with van der Waals surface area (Å²) in [4.78, 5) is 10.9. The first-order valence-electron chi connectivity index (χ1n) is 21.2. The highest BCUT2D eigenvalue weighted by Crippen LogP contribution is 2.60. The second-order valence-corrected chi connectivity index (χ2v) is 20.2. The third-order valence-corrected chi connectivity index (χ3v) is 15.5. The number of aromatic nitrogens is 2. The quantitative estimate of drug-likeness (QED) is 0.124. The molecule has 1 fully saturated rings. The molecule has 4 aromatic carbocycles. The largest absolute Gasteiger partial charge is 0.440 e. The molecule has 0 amide bonds. The fourth-order valence-corrected chi connectivity index (χ4v) is 9.97. The molecular formula is C51H64N2O2S. The lowest BCUT2D eigenvalue weighted by atomic mass is 9.72. The SMILES string of the molecule is CCC(C)(C)c1cc(C(C)(C)CC)c2oc(C3CSC(c4nc5cc(C(C)(C)CC)cc(C(C)(C)CC)c5o4)C(c4ccccc4)C3c3ccccc3)nc2c1. The molecule has 1 aliphatic heterocycles. The molecule has 4 unspecified atom stereocenters. The van der Waals surface area contributed by atoms with Crippen molar-refractivity contribution >= 4 is 34.0 Å². The number of oxazole rings is 2. The third kappa shape index (κ3) is 7.27. The highest BCUT2D eigenvalue weighted by molar-refractivity contribution is 7.99. The fourth-order valence-electron chi connectivity index (χ4n) is 8.43. The van der Waals surface area contributed by atoms with Gasteiger partial charge in [-0.3, -0.25) is 0 Å². The lowest BCUT2D eigenvalue weighted by molar-refractivity contribution is 0.363. The molecule has 0 aliphatic carbocycles. The Kier molecular flexibility index (Phi) is 10.9. The minimum atomic E-state index is -0.0601. The van der Waals surface area contributed by atoms with Crippen LogP contribution in [0.1, 0.15) is 177 Å². The Morgan fingerprint density at radius 2 is 0.946 bits per heavy atom. The van der Waals surface area contributed by atoms with Gasteiger partial charge in [0.15, 0.2) is 17.1 Å². The molecule has 0 radical (unpaired) electrons. The Balaban J connectivity index is 1.43. The van der Waals surface area contributed by atoms with Crippen LogP contribution in [0.2, 0.25) is 0 Å². The van der Waals surface area contributed by atoms with E-state index in [0.29, 0.717) is 0 Å². The molecular weight excluding hydrogens is 705 g/mol. The zero-order valence-corrected chi connectivity index (χ0v) is 36.9. The summed E-state index contributed by atoms with van der Waals surface area (Å²) in [6.07, 6.45) is 4.12. The van der Waals surface area contributed by atoms with Crippen LogP contribution in [-0.4, -0.2) is 15.7 Å². The summed E-state index contributed by atoms with van der Waals surface area (Å²) < 4.78 is 14.2. The highest BCUT2D eigenvalue weighted by Gasteiger charge is 2.47. The molecule has 4 nitrogen and oxygen atoms in total. The molecule has 56 heavy (non-hydrogen) atoms. The number of hydrogen-bond acceptors (Lipinski definition) is 5. The fraction of sp³-hybridized carbons (Fsp3) is 0.490. The number of nitrogens with zero attached hydrogens (tertiary/aromatic N) is 2. The molecule has 5 heteroatoms. The Morgan fingerprint density at radius 3 is 1.39 bits per heavy atom. The summed E-state index contributed by atoms with van der Waals surface area (Å²) in [5.74, 6) is 2.64. The predicted molar refractivity (Wildman–Crippen MR) is 238 cm³/mol. The van der Waals surface area contributed by atoms with Crippen LogP contribution in [0.15, 0.2) is 93.8 Å². The van der Waals surface area contributed by atoms with Crippen molar-refractivity contribution in [3.63, 3.8) is 0 Å². The van der Waals surface area contributed by atoms with E-state index in [1.165, 1.54) is 33.4 Å². The summed E-state index contributed by atoms with van der Waals surface area (Å²) >= 11 is 1.95. The van der Waals surface area contributed by atoms with Gasteiger partial charge in [-0.15, -0.1) is 11.8 Å². The summed E-state index contributed by atoms with van der Waals surface area (Å²) in [5.41, 5.74) is 11.5. The monoisotopic (exact) mass is 768 g/mol. The number of benzene rings is 4. The van der Waals surface area contributed by atoms with E-state index >= 15 is 0 Å². The topological polar surface area (TPSA) is 52.1 Å². The second kappa shape index (κ2) is 15.2. The Labute approximate surface area is 340 Å². The van der Waals surface area contributed by atoms with Gasteiger partial charge in [-0.1, -0.05) is 156 Å². The average molecular weight is 769 g/mol. The van der Waals surface area contributed by atoms with Crippen molar-refractivity contribution in [1.29, 1.82) is 0 Å². The summed E-state index contributed by atoms with van der Waals surface area (Å²) in [6.45, 7) is 27.8. The normalized spacial score (nSPS) is 19.9. The van der Waals surface area contributed by atoms with Crippen LogP contribution >= 0.6 is 11.8 Å². The van der Waals surface area contributed by atoms with Gasteiger partial charge >= 0.3 is 0 Å². The van der Waals surface area contributed by atoms with Crippen LogP contribution in [-0.2, 0) is 21.7 Å². The number of thioether (sulfide) groups is 1. The standard InChI is InChI=1S/C51H64N2O2S/c1-13-48(5,6)34-27-37(50(9,10)15-3)43-39(29-34)52-46(54-43)36-31-56-45(42(33-25-21-18-22-26-33)41(36)32-23-19-17-20-24-32)47-53-40-30-35(49(7,8)14-2)28-38(44(40)55-47)51(11,12)16-4/h17-30,36,41-42,45H,13-16,31H2,1-12H3. The molecule has 7 rings (SSSR count). The van der Waals surface area contributed by atoms with E-state index in [1.807, 2.05) is 11.8 Å². The maximum Gasteiger partial charge on any atom is 0.209 e. The lowest BCUT2D eigenvalue weighted by Crippen LogP contribution is -2.30. The zero-order chi connectivity index (χ0) is 40.2. The van der Waals surface area contributed by atoms with Crippen molar-refractivity contribution in [2.45, 2.75) is 153 Å². The molecule has 1 aliphatic rings. The first-order valence-corrected chi connectivity index (χ1v) is 22.2. The van der Waals surface area contributed by atoms with E-state index in [4.69, 9.17) is 18.8 Å². The Bertz CT molecular complexity index is 2130. The molecule has 0 N–H and O–H groups in total. The molecule has 296 valence electrons. The minimum Gasteiger partial charge on any atom is -0.440 e. The van der Waals surface area contributed by atoms with E-state index in [2.05, 4.69) is 168 Å². The van der Waals surface area contributed by atoms with Gasteiger partial charge in [-0.25, -0.2) is 9.97 Å². The van der Waals surface area contributed by atoms with Crippen molar-refractivity contribution in [3.05, 3.63) is 130 Å². The molecule has 2 aromatic heterocycles. The van der Waals surface area contributed by atoms with Gasteiger partial charge < -0.3 is 8.83 Å². The van der Waals surface area contributed by atoms with Gasteiger partial charge in [-0.2, -0.15) is 0 Å². The molecule has 4 atom stereocenters. The van der Waals surface area contributed by atoms with Gasteiger partial charge in [0.25, 0.3) is 0 Å². The second-order valence-electron chi connectivity index (χ2n) is 19.0. The first-order chi connectivity index (χ1) is 26.5. The van der Waals surface area contributed by atoms with Gasteiger partial charge in [-0.05, 0) is 81.7 Å². The van der Waals surface area contributed by atoms with Crippen LogP contribution in [0.25, 0.3) is 22.2 Å². The van der Waals surface area contributed by atoms with Crippen molar-refractivity contribution < 1.29 is 8.83 Å². The lowest BCUT2D eigenvalue weighted by Gasteiger charge is -2.41. The van der Waals surface area contributed by atoms with Crippen molar-refractivity contribution in [3.8, 4) is 0 Å². The van der Waals surface area contributed by atoms with E-state index < -0.39 is 0 Å². The smallest absolute Gasteiger partial charge is 0.209 e. The Hall–Kier alpha value is -3.83. The van der Waals surface area contributed by atoms with Crippen molar-refractivity contribution in [2.75, 3.05) is 5.75 Å². The predicted octanol–water partition coefficient (Wildman–Crippen LogP) is 14.9. The average Bonchev–Trinajstić information content (AvgIpc) is 3.85. The van der Waals surface area contributed by atoms with Gasteiger partial charge in [0.1, 0.15) is 11.0 Å². The Morgan fingerprint density at radius 1 is 0.536 bits per heavy atom. The summed E-state index contributed by atoms with van der Waals surface area (Å²) in [5, 5.41) is -0.0117. The van der Waals surface area contributed by atoms with Gasteiger partial charge in [0.05, 0.1) is 11.2 Å². The number of hydrogen-bond donors (Lipinski definition) is 0. The van der Waals surface area contributed by atoms with E-state index in [0.717, 1.165) is 65.4 Å². The molecule has 6 aromatic rings. The van der Waals surface area contributed by atoms with Crippen LogP contribution in [0.5, 0.6) is 0 Å². The summed E-state index contributed by atoms with van der Waals surface area (Å²) in [6, 6.07) is 31.5. The van der Waals surface area contributed by atoms with Crippen LogP contribution in [0.3, 0.4) is 0 Å². The summed E-state index contributed by atoms with van der Waals surface area (Å²) in [7, 11) is 0. The van der Waals surface area contributed by atoms with E-state index in [-0.39, 0.29) is 44.7 Å². The molecule has 1 saturated heterocycles. The van der Waals surface area contributed by atoms with Gasteiger partial charge in [0.2, 0.25) is 5.89 Å². The zero-order valence-electron chi connectivity index (χ0n) is 36.0. The minimum absolute atomic E-state index is 0.0117. The molecule has 0 spiro atoms.